The summed E-state index contributed by atoms with van der Waals surface area (Å²) in [6.45, 7) is -0.0776. The van der Waals surface area contributed by atoms with E-state index in [1.807, 2.05) is 0 Å². The first kappa shape index (κ1) is 11.0. The molecule has 0 unspecified atom stereocenters. The lowest BCUT2D eigenvalue weighted by Gasteiger charge is -2.04. The third kappa shape index (κ3) is 2.46. The molecule has 0 aliphatic rings. The normalized spacial score (nSPS) is 11.6. The highest BCUT2D eigenvalue weighted by molar-refractivity contribution is 7.90. The van der Waals surface area contributed by atoms with Crippen molar-refractivity contribution < 1.29 is 18.6 Å². The summed E-state index contributed by atoms with van der Waals surface area (Å²) in [4.78, 5) is 0.0803. The quantitative estimate of drug-likeness (QED) is 0.763. The predicted molar refractivity (Wildman–Crippen MR) is 52.0 cm³/mol. The molecule has 0 aliphatic carbocycles. The van der Waals surface area contributed by atoms with Gasteiger partial charge in [0.1, 0.15) is 5.75 Å². The van der Waals surface area contributed by atoms with E-state index in [9.17, 15) is 13.5 Å². The minimum Gasteiger partial charge on any atom is -0.508 e. The summed E-state index contributed by atoms with van der Waals surface area (Å²) in [6.07, 6.45) is 1.39. The molecule has 78 valence electrons. The number of sulfone groups is 1. The molecule has 0 radical (unpaired) electrons. The van der Waals surface area contributed by atoms with Crippen molar-refractivity contribution in [2.75, 3.05) is 12.9 Å². The number of hydrogen-bond donors (Lipinski definition) is 2. The highest BCUT2D eigenvalue weighted by Crippen LogP contribution is 2.21. The van der Waals surface area contributed by atoms with Crippen LogP contribution in [0.15, 0.2) is 23.1 Å². The van der Waals surface area contributed by atoms with Crippen molar-refractivity contribution in [3.8, 4) is 5.75 Å². The van der Waals surface area contributed by atoms with E-state index in [1.165, 1.54) is 18.2 Å². The van der Waals surface area contributed by atoms with Gasteiger partial charge in [-0.05, 0) is 24.1 Å². The van der Waals surface area contributed by atoms with Crippen molar-refractivity contribution in [3.05, 3.63) is 23.8 Å². The molecule has 0 atom stereocenters. The fourth-order valence-corrected chi connectivity index (χ4v) is 1.75. The lowest BCUT2D eigenvalue weighted by Crippen LogP contribution is -1.98. The Hall–Kier alpha value is -1.07. The number of hydrogen-bond acceptors (Lipinski definition) is 4. The van der Waals surface area contributed by atoms with Crippen molar-refractivity contribution in [2.24, 2.45) is 0 Å². The van der Waals surface area contributed by atoms with Gasteiger partial charge >= 0.3 is 0 Å². The highest BCUT2D eigenvalue weighted by atomic mass is 32.2. The summed E-state index contributed by atoms with van der Waals surface area (Å²) in [7, 11) is -3.28. The van der Waals surface area contributed by atoms with Gasteiger partial charge in [-0.25, -0.2) is 8.42 Å². The first-order chi connectivity index (χ1) is 6.45. The van der Waals surface area contributed by atoms with E-state index in [2.05, 4.69) is 0 Å². The Morgan fingerprint density at radius 3 is 2.43 bits per heavy atom. The van der Waals surface area contributed by atoms with Crippen LogP contribution in [0.25, 0.3) is 0 Å². The second-order valence-corrected chi connectivity index (χ2v) is 5.05. The molecule has 0 aromatic heterocycles. The number of aliphatic hydroxyl groups excluding tert-OH is 1. The zero-order chi connectivity index (χ0) is 10.8. The van der Waals surface area contributed by atoms with E-state index < -0.39 is 9.84 Å². The van der Waals surface area contributed by atoms with Gasteiger partial charge in [-0.3, -0.25) is 0 Å². The number of phenols is 1. The van der Waals surface area contributed by atoms with Crippen LogP contribution in [0.3, 0.4) is 0 Å². The molecule has 2 N–H and O–H groups in total. The molecule has 0 saturated heterocycles. The van der Waals surface area contributed by atoms with Gasteiger partial charge in [0, 0.05) is 12.9 Å². The van der Waals surface area contributed by atoms with Gasteiger partial charge in [0.05, 0.1) is 4.90 Å². The third-order valence-electron chi connectivity index (χ3n) is 1.87. The van der Waals surface area contributed by atoms with E-state index in [1.54, 1.807) is 0 Å². The third-order valence-corrected chi connectivity index (χ3v) is 2.98. The van der Waals surface area contributed by atoms with Crippen molar-refractivity contribution in [2.45, 2.75) is 11.3 Å². The number of rotatable bonds is 3. The van der Waals surface area contributed by atoms with Crippen molar-refractivity contribution >= 4 is 9.84 Å². The van der Waals surface area contributed by atoms with Crippen molar-refractivity contribution in [1.29, 1.82) is 0 Å². The summed E-state index contributed by atoms with van der Waals surface area (Å²) >= 11 is 0. The number of aliphatic hydroxyl groups is 1. The Morgan fingerprint density at radius 2 is 2.00 bits per heavy atom. The highest BCUT2D eigenvalue weighted by Gasteiger charge is 2.09. The van der Waals surface area contributed by atoms with Crippen LogP contribution in [0.1, 0.15) is 5.56 Å². The Labute approximate surface area is 82.7 Å². The molecule has 0 fully saturated rings. The van der Waals surface area contributed by atoms with Gasteiger partial charge in [-0.2, -0.15) is 0 Å². The van der Waals surface area contributed by atoms with Gasteiger partial charge < -0.3 is 10.2 Å². The fourth-order valence-electron chi connectivity index (χ4n) is 1.11. The first-order valence-corrected chi connectivity index (χ1v) is 5.97. The summed E-state index contributed by atoms with van der Waals surface area (Å²) in [6, 6.07) is 4.11. The van der Waals surface area contributed by atoms with Crippen molar-refractivity contribution in [3.63, 3.8) is 0 Å². The molecule has 0 saturated carbocycles. The van der Waals surface area contributed by atoms with Crippen LogP contribution < -0.4 is 0 Å². The molecule has 1 aromatic rings. The molecule has 0 heterocycles. The number of benzene rings is 1. The van der Waals surface area contributed by atoms with Crippen LogP contribution >= 0.6 is 0 Å². The Kier molecular flexibility index (Phi) is 3.13. The van der Waals surface area contributed by atoms with Crippen LogP contribution in [0.5, 0.6) is 5.75 Å². The maximum Gasteiger partial charge on any atom is 0.175 e. The molecular weight excluding hydrogens is 204 g/mol. The summed E-state index contributed by atoms with van der Waals surface area (Å²) in [5.74, 6) is -0.0954. The molecule has 1 rings (SSSR count). The topological polar surface area (TPSA) is 74.6 Å². The van der Waals surface area contributed by atoms with Crippen LogP contribution in [0, 0.1) is 0 Å². The fraction of sp³-hybridized carbons (Fsp3) is 0.333. The Morgan fingerprint density at radius 1 is 1.36 bits per heavy atom. The molecule has 1 aromatic carbocycles. The molecule has 0 amide bonds. The molecule has 0 bridgehead atoms. The minimum absolute atomic E-state index is 0.0776. The summed E-state index contributed by atoms with van der Waals surface area (Å²) in [5, 5.41) is 18.1. The smallest absolute Gasteiger partial charge is 0.175 e. The summed E-state index contributed by atoms with van der Waals surface area (Å²) in [5.41, 5.74) is 0.542. The average Bonchev–Trinajstić information content (AvgIpc) is 2.07. The van der Waals surface area contributed by atoms with E-state index in [0.717, 1.165) is 6.26 Å². The van der Waals surface area contributed by atoms with Crippen LogP contribution in [0.4, 0.5) is 0 Å². The molecular formula is C9H12O4S. The zero-order valence-electron chi connectivity index (χ0n) is 7.77. The molecule has 0 aliphatic heterocycles. The van der Waals surface area contributed by atoms with Crippen LogP contribution in [-0.2, 0) is 16.3 Å². The SMILES string of the molecule is CS(=O)(=O)c1ccc(CCO)c(O)c1. The number of aromatic hydroxyl groups is 1. The van der Waals surface area contributed by atoms with E-state index in [0.29, 0.717) is 12.0 Å². The Balaban J connectivity index is 3.13. The summed E-state index contributed by atoms with van der Waals surface area (Å²) < 4.78 is 22.2. The average molecular weight is 216 g/mol. The standard InChI is InChI=1S/C9H12O4S/c1-14(12,13)8-3-2-7(4-5-10)9(11)6-8/h2-3,6,10-11H,4-5H2,1H3. The second-order valence-electron chi connectivity index (χ2n) is 3.04. The van der Waals surface area contributed by atoms with Crippen LogP contribution in [0.2, 0.25) is 0 Å². The van der Waals surface area contributed by atoms with Gasteiger partial charge in [0.25, 0.3) is 0 Å². The minimum atomic E-state index is -3.28. The van der Waals surface area contributed by atoms with Gasteiger partial charge in [0.15, 0.2) is 9.84 Å². The van der Waals surface area contributed by atoms with Gasteiger partial charge in [0.2, 0.25) is 0 Å². The lowest BCUT2D eigenvalue weighted by atomic mass is 10.1. The van der Waals surface area contributed by atoms with Gasteiger partial charge in [-0.15, -0.1) is 0 Å². The predicted octanol–water partition coefficient (Wildman–Crippen LogP) is 0.331. The zero-order valence-corrected chi connectivity index (χ0v) is 8.58. The van der Waals surface area contributed by atoms with E-state index in [-0.39, 0.29) is 17.3 Å². The number of phenolic OH excluding ortho intramolecular Hbond substituents is 1. The molecule has 5 heteroatoms. The van der Waals surface area contributed by atoms with E-state index >= 15 is 0 Å². The Bertz CT molecular complexity index is 422. The molecule has 14 heavy (non-hydrogen) atoms. The lowest BCUT2D eigenvalue weighted by molar-refractivity contribution is 0.297. The van der Waals surface area contributed by atoms with Crippen LogP contribution in [-0.4, -0.2) is 31.5 Å². The maximum atomic E-state index is 11.1. The van der Waals surface area contributed by atoms with E-state index in [4.69, 9.17) is 5.11 Å². The second kappa shape index (κ2) is 3.98. The van der Waals surface area contributed by atoms with Crippen molar-refractivity contribution in [1.82, 2.24) is 0 Å². The molecule has 0 spiro atoms. The first-order valence-electron chi connectivity index (χ1n) is 4.08. The molecule has 4 nitrogen and oxygen atoms in total. The van der Waals surface area contributed by atoms with Gasteiger partial charge in [-0.1, -0.05) is 6.07 Å². The maximum absolute atomic E-state index is 11.1. The monoisotopic (exact) mass is 216 g/mol. The largest absolute Gasteiger partial charge is 0.508 e.